The van der Waals surface area contributed by atoms with Gasteiger partial charge in [0.15, 0.2) is 5.96 Å². The first-order chi connectivity index (χ1) is 9.30. The number of nitrogens with one attached hydrogen (secondary N) is 2. The van der Waals surface area contributed by atoms with E-state index in [-0.39, 0.29) is 0 Å². The van der Waals surface area contributed by atoms with Crippen LogP contribution in [0.5, 0.6) is 0 Å². The van der Waals surface area contributed by atoms with Crippen molar-refractivity contribution in [3.8, 4) is 0 Å². The van der Waals surface area contributed by atoms with Crippen LogP contribution in [0.15, 0.2) is 4.99 Å². The Kier molecular flexibility index (Phi) is 8.63. The van der Waals surface area contributed by atoms with Crippen molar-refractivity contribution in [1.82, 2.24) is 15.5 Å². The van der Waals surface area contributed by atoms with Crippen LogP contribution in [0.4, 0.5) is 0 Å². The molecule has 0 aliphatic carbocycles. The van der Waals surface area contributed by atoms with E-state index in [1.54, 1.807) is 0 Å². The van der Waals surface area contributed by atoms with E-state index in [1.807, 2.05) is 7.05 Å². The minimum Gasteiger partial charge on any atom is -0.356 e. The van der Waals surface area contributed by atoms with Gasteiger partial charge in [-0.3, -0.25) is 4.99 Å². The largest absolute Gasteiger partial charge is 0.356 e. The lowest BCUT2D eigenvalue weighted by atomic mass is 10.0. The van der Waals surface area contributed by atoms with E-state index in [9.17, 15) is 0 Å². The molecule has 0 saturated carbocycles. The van der Waals surface area contributed by atoms with Gasteiger partial charge in [-0.2, -0.15) is 0 Å². The molecular weight excluding hydrogens is 236 g/mol. The zero-order valence-electron chi connectivity index (χ0n) is 13.0. The molecule has 0 bridgehead atoms. The van der Waals surface area contributed by atoms with Crippen molar-refractivity contribution in [2.24, 2.45) is 10.9 Å². The van der Waals surface area contributed by atoms with Gasteiger partial charge in [0.1, 0.15) is 0 Å². The van der Waals surface area contributed by atoms with Crippen LogP contribution in [0.1, 0.15) is 46.0 Å². The lowest BCUT2D eigenvalue weighted by Gasteiger charge is -2.26. The maximum Gasteiger partial charge on any atom is 0.191 e. The third-order valence-electron chi connectivity index (χ3n) is 4.11. The predicted molar refractivity (Wildman–Crippen MR) is 83.7 cm³/mol. The highest BCUT2D eigenvalue weighted by Crippen LogP contribution is 2.07. The summed E-state index contributed by atoms with van der Waals surface area (Å²) in [5.41, 5.74) is 0. The van der Waals surface area contributed by atoms with Gasteiger partial charge < -0.3 is 15.5 Å². The number of nitrogens with zero attached hydrogens (tertiary/aromatic N) is 2. The summed E-state index contributed by atoms with van der Waals surface area (Å²) in [5, 5.41) is 6.85. The number of guanidine groups is 1. The zero-order chi connectivity index (χ0) is 13.9. The van der Waals surface area contributed by atoms with Crippen LogP contribution in [0.3, 0.4) is 0 Å². The fourth-order valence-electron chi connectivity index (χ4n) is 2.55. The van der Waals surface area contributed by atoms with Gasteiger partial charge in [0, 0.05) is 26.7 Å². The number of hydrogen-bond acceptors (Lipinski definition) is 2. The van der Waals surface area contributed by atoms with Crippen molar-refractivity contribution in [2.75, 3.05) is 39.8 Å². The van der Waals surface area contributed by atoms with Crippen LogP contribution in [0.25, 0.3) is 0 Å². The van der Waals surface area contributed by atoms with Crippen LogP contribution >= 0.6 is 0 Å². The van der Waals surface area contributed by atoms with E-state index in [1.165, 1.54) is 45.2 Å². The molecule has 2 N–H and O–H groups in total. The molecule has 0 amide bonds. The Labute approximate surface area is 119 Å². The first kappa shape index (κ1) is 16.3. The standard InChI is InChI=1S/C15H32N4/c1-4-14(5-2)13-18-15(16-3)17-9-12-19-10-7-6-8-11-19/h14H,4-13H2,1-3H3,(H2,16,17,18). The molecular formula is C15H32N4. The topological polar surface area (TPSA) is 39.7 Å². The Morgan fingerprint density at radius 2 is 1.79 bits per heavy atom. The van der Waals surface area contributed by atoms with Crippen molar-refractivity contribution in [2.45, 2.75) is 46.0 Å². The molecule has 1 fully saturated rings. The second-order valence-electron chi connectivity index (χ2n) is 5.46. The quantitative estimate of drug-likeness (QED) is 0.548. The van der Waals surface area contributed by atoms with Crippen LogP contribution in [0, 0.1) is 5.92 Å². The highest BCUT2D eigenvalue weighted by molar-refractivity contribution is 5.79. The Bertz CT molecular complexity index is 243. The highest BCUT2D eigenvalue weighted by Gasteiger charge is 2.09. The molecule has 1 aliphatic rings. The van der Waals surface area contributed by atoms with Gasteiger partial charge in [-0.15, -0.1) is 0 Å². The first-order valence-corrected chi connectivity index (χ1v) is 7.97. The average molecular weight is 268 g/mol. The molecule has 0 aromatic heterocycles. The molecule has 0 atom stereocenters. The smallest absolute Gasteiger partial charge is 0.191 e. The van der Waals surface area contributed by atoms with Crippen LogP contribution in [-0.4, -0.2) is 50.6 Å². The van der Waals surface area contributed by atoms with E-state index < -0.39 is 0 Å². The Morgan fingerprint density at radius 1 is 1.11 bits per heavy atom. The molecule has 1 aliphatic heterocycles. The Hall–Kier alpha value is -0.770. The number of likely N-dealkylation sites (tertiary alicyclic amines) is 1. The maximum absolute atomic E-state index is 4.29. The summed E-state index contributed by atoms with van der Waals surface area (Å²) in [5.74, 6) is 1.70. The maximum atomic E-state index is 4.29. The van der Waals surface area contributed by atoms with Crippen molar-refractivity contribution in [3.05, 3.63) is 0 Å². The number of piperidine rings is 1. The molecule has 0 unspecified atom stereocenters. The molecule has 19 heavy (non-hydrogen) atoms. The van der Waals surface area contributed by atoms with E-state index in [0.29, 0.717) is 0 Å². The molecule has 0 radical (unpaired) electrons. The zero-order valence-corrected chi connectivity index (χ0v) is 13.0. The molecule has 0 aromatic carbocycles. The van der Waals surface area contributed by atoms with E-state index in [2.05, 4.69) is 34.4 Å². The number of hydrogen-bond donors (Lipinski definition) is 2. The summed E-state index contributed by atoms with van der Waals surface area (Å²) < 4.78 is 0. The normalized spacial score (nSPS) is 17.8. The first-order valence-electron chi connectivity index (χ1n) is 7.97. The Morgan fingerprint density at radius 3 is 2.37 bits per heavy atom. The third-order valence-corrected chi connectivity index (χ3v) is 4.11. The SMILES string of the molecule is CCC(CC)CNC(=NC)NCCN1CCCCC1. The monoisotopic (exact) mass is 268 g/mol. The molecule has 4 nitrogen and oxygen atoms in total. The summed E-state index contributed by atoms with van der Waals surface area (Å²) in [7, 11) is 1.85. The van der Waals surface area contributed by atoms with Crippen molar-refractivity contribution < 1.29 is 0 Å². The summed E-state index contributed by atoms with van der Waals surface area (Å²) in [6.45, 7) is 10.2. The lowest BCUT2D eigenvalue weighted by molar-refractivity contribution is 0.232. The molecule has 1 saturated heterocycles. The average Bonchev–Trinajstić information content (AvgIpc) is 2.47. The van der Waals surface area contributed by atoms with E-state index in [4.69, 9.17) is 0 Å². The summed E-state index contributed by atoms with van der Waals surface area (Å²) in [6.07, 6.45) is 6.59. The minimum absolute atomic E-state index is 0.751. The van der Waals surface area contributed by atoms with E-state index >= 15 is 0 Å². The van der Waals surface area contributed by atoms with Gasteiger partial charge in [-0.1, -0.05) is 33.1 Å². The van der Waals surface area contributed by atoms with Gasteiger partial charge >= 0.3 is 0 Å². The van der Waals surface area contributed by atoms with Crippen molar-refractivity contribution >= 4 is 5.96 Å². The number of aliphatic imine (C=N–C) groups is 1. The minimum atomic E-state index is 0.751. The van der Waals surface area contributed by atoms with Crippen molar-refractivity contribution in [3.63, 3.8) is 0 Å². The van der Waals surface area contributed by atoms with Crippen LogP contribution in [0.2, 0.25) is 0 Å². The number of rotatable bonds is 7. The van der Waals surface area contributed by atoms with Gasteiger partial charge in [0.2, 0.25) is 0 Å². The van der Waals surface area contributed by atoms with Gasteiger partial charge in [0.05, 0.1) is 0 Å². The molecule has 0 aromatic rings. The van der Waals surface area contributed by atoms with Gasteiger partial charge in [0.25, 0.3) is 0 Å². The highest BCUT2D eigenvalue weighted by atomic mass is 15.2. The van der Waals surface area contributed by atoms with E-state index in [0.717, 1.165) is 31.5 Å². The molecule has 1 heterocycles. The fraction of sp³-hybridized carbons (Fsp3) is 0.933. The second-order valence-corrected chi connectivity index (χ2v) is 5.46. The molecule has 4 heteroatoms. The second kappa shape index (κ2) is 10.1. The summed E-state index contributed by atoms with van der Waals surface area (Å²) in [4.78, 5) is 6.83. The molecule has 1 rings (SSSR count). The summed E-state index contributed by atoms with van der Waals surface area (Å²) in [6, 6.07) is 0. The third kappa shape index (κ3) is 6.81. The molecule has 112 valence electrons. The summed E-state index contributed by atoms with van der Waals surface area (Å²) >= 11 is 0. The Balaban J connectivity index is 2.14. The van der Waals surface area contributed by atoms with Gasteiger partial charge in [-0.05, 0) is 31.8 Å². The van der Waals surface area contributed by atoms with Crippen molar-refractivity contribution in [1.29, 1.82) is 0 Å². The lowest BCUT2D eigenvalue weighted by Crippen LogP contribution is -2.43. The van der Waals surface area contributed by atoms with Gasteiger partial charge in [-0.25, -0.2) is 0 Å². The van der Waals surface area contributed by atoms with Crippen LogP contribution in [-0.2, 0) is 0 Å². The van der Waals surface area contributed by atoms with Crippen LogP contribution < -0.4 is 10.6 Å². The predicted octanol–water partition coefficient (Wildman–Crippen LogP) is 2.07. The fourth-order valence-corrected chi connectivity index (χ4v) is 2.55. The molecule has 0 spiro atoms.